The number of nitrogens with one attached hydrogen (secondary N) is 4. The van der Waals surface area contributed by atoms with Crippen LogP contribution in [0, 0.1) is 11.8 Å². The van der Waals surface area contributed by atoms with Crippen molar-refractivity contribution in [1.82, 2.24) is 21.3 Å². The van der Waals surface area contributed by atoms with Crippen LogP contribution < -0.4 is 21.3 Å². The molecule has 0 spiro atoms. The molecule has 45 heavy (non-hydrogen) atoms. The summed E-state index contributed by atoms with van der Waals surface area (Å²) in [5.74, 6) is -0.687. The first kappa shape index (κ1) is 34.0. The molecule has 244 valence electrons. The van der Waals surface area contributed by atoms with E-state index in [2.05, 4.69) is 45.5 Å². The van der Waals surface area contributed by atoms with Crippen molar-refractivity contribution in [2.24, 2.45) is 11.8 Å². The van der Waals surface area contributed by atoms with Gasteiger partial charge in [0.15, 0.2) is 0 Å². The molecule has 4 N–H and O–H groups in total. The highest BCUT2D eigenvalue weighted by atomic mass is 16.5. The van der Waals surface area contributed by atoms with Gasteiger partial charge in [-0.25, -0.2) is 4.79 Å². The minimum absolute atomic E-state index is 0.0920. The highest BCUT2D eigenvalue weighted by Gasteiger charge is 2.33. The summed E-state index contributed by atoms with van der Waals surface area (Å²) in [6, 6.07) is 13.9. The average molecular weight is 619 g/mol. The van der Waals surface area contributed by atoms with Gasteiger partial charge in [-0.15, -0.1) is 0 Å². The summed E-state index contributed by atoms with van der Waals surface area (Å²) < 4.78 is 5.77. The van der Waals surface area contributed by atoms with E-state index in [-0.39, 0.29) is 24.3 Å². The second-order valence-electron chi connectivity index (χ2n) is 12.8. The Morgan fingerprint density at radius 2 is 1.33 bits per heavy atom. The van der Waals surface area contributed by atoms with E-state index in [4.69, 9.17) is 4.74 Å². The van der Waals surface area contributed by atoms with E-state index in [9.17, 15) is 19.2 Å². The normalized spacial score (nSPS) is 16.6. The monoisotopic (exact) mass is 618 g/mol. The van der Waals surface area contributed by atoms with Crippen LogP contribution in [0.3, 0.4) is 0 Å². The zero-order chi connectivity index (χ0) is 32.3. The van der Waals surface area contributed by atoms with Gasteiger partial charge in [0.25, 0.3) is 0 Å². The number of hydrogen-bond donors (Lipinski definition) is 4. The van der Waals surface area contributed by atoms with Gasteiger partial charge in [0, 0.05) is 12.5 Å². The summed E-state index contributed by atoms with van der Waals surface area (Å²) in [4.78, 5) is 52.8. The molecule has 0 radical (unpaired) electrons. The number of likely N-dealkylation sites (N-methyl/N-ethyl adjacent to an activating group) is 1. The Bertz CT molecular complexity index is 1280. The molecule has 2 aromatic rings. The Hall–Kier alpha value is -3.88. The quantitative estimate of drug-likeness (QED) is 0.225. The largest absolute Gasteiger partial charge is 0.449 e. The van der Waals surface area contributed by atoms with E-state index < -0.39 is 36.0 Å². The fourth-order valence-electron chi connectivity index (χ4n) is 6.67. The maximum Gasteiger partial charge on any atom is 0.407 e. The van der Waals surface area contributed by atoms with E-state index in [0.717, 1.165) is 47.9 Å². The van der Waals surface area contributed by atoms with Gasteiger partial charge in [-0.2, -0.15) is 0 Å². The Morgan fingerprint density at radius 3 is 1.91 bits per heavy atom. The molecular formula is C36H50N4O5. The highest BCUT2D eigenvalue weighted by Crippen LogP contribution is 2.44. The highest BCUT2D eigenvalue weighted by molar-refractivity contribution is 5.93. The number of fused-ring (bicyclic) bond motifs is 3. The molecule has 4 amide bonds. The minimum Gasteiger partial charge on any atom is -0.449 e. The zero-order valence-electron chi connectivity index (χ0n) is 27.2. The first-order chi connectivity index (χ1) is 21.7. The van der Waals surface area contributed by atoms with Crippen LogP contribution in [-0.2, 0) is 19.1 Å². The third kappa shape index (κ3) is 9.08. The van der Waals surface area contributed by atoms with Gasteiger partial charge in [-0.1, -0.05) is 101 Å². The van der Waals surface area contributed by atoms with E-state index >= 15 is 0 Å². The molecule has 0 aliphatic heterocycles. The lowest BCUT2D eigenvalue weighted by Crippen LogP contribution is -2.57. The van der Waals surface area contributed by atoms with Crippen LogP contribution in [0.2, 0.25) is 0 Å². The maximum absolute atomic E-state index is 13.7. The van der Waals surface area contributed by atoms with Crippen molar-refractivity contribution < 1.29 is 23.9 Å². The van der Waals surface area contributed by atoms with E-state index in [1.807, 2.05) is 52.0 Å². The Morgan fingerprint density at radius 1 is 0.756 bits per heavy atom. The summed E-state index contributed by atoms with van der Waals surface area (Å²) in [5, 5.41) is 11.3. The lowest BCUT2D eigenvalue weighted by molar-refractivity contribution is -0.133. The average Bonchev–Trinajstić information content (AvgIpc) is 3.35. The van der Waals surface area contributed by atoms with Gasteiger partial charge >= 0.3 is 6.09 Å². The van der Waals surface area contributed by atoms with Crippen LogP contribution in [0.5, 0.6) is 0 Å². The van der Waals surface area contributed by atoms with Crippen molar-refractivity contribution in [1.29, 1.82) is 0 Å². The molecule has 1 fully saturated rings. The van der Waals surface area contributed by atoms with Crippen molar-refractivity contribution in [3.63, 3.8) is 0 Å². The smallest absolute Gasteiger partial charge is 0.407 e. The molecule has 0 aromatic heterocycles. The first-order valence-electron chi connectivity index (χ1n) is 16.7. The molecule has 9 nitrogen and oxygen atoms in total. The molecular weight excluding hydrogens is 568 g/mol. The standard InChI is InChI=1S/C36H50N4O5/c1-5-30(34(42)39-31(20-23(3)4)33(41)37-6-2)38-35(43)32(21-24-14-8-7-9-15-24)40-36(44)45-22-29-27-18-12-10-16-25(27)26-17-11-13-19-28(26)29/h10-13,16-19,23-24,29-32H,5-9,14-15,20-22H2,1-4H3,(H,37,41)(H,38,43)(H,39,42)(H,40,44)/t30-,31?,32-/m0/s1. The molecule has 2 aliphatic carbocycles. The van der Waals surface area contributed by atoms with E-state index in [1.54, 1.807) is 0 Å². The van der Waals surface area contributed by atoms with Gasteiger partial charge in [0.1, 0.15) is 24.7 Å². The van der Waals surface area contributed by atoms with Crippen molar-refractivity contribution >= 4 is 23.8 Å². The maximum atomic E-state index is 13.7. The number of amides is 4. The second-order valence-corrected chi connectivity index (χ2v) is 12.8. The molecule has 9 heteroatoms. The third-order valence-corrected chi connectivity index (χ3v) is 8.98. The second kappa shape index (κ2) is 16.4. The van der Waals surface area contributed by atoms with Gasteiger partial charge in [-0.05, 0) is 60.3 Å². The van der Waals surface area contributed by atoms with Crippen LogP contribution in [0.15, 0.2) is 48.5 Å². The zero-order valence-corrected chi connectivity index (χ0v) is 27.2. The molecule has 1 saturated carbocycles. The lowest BCUT2D eigenvalue weighted by Gasteiger charge is -2.28. The van der Waals surface area contributed by atoms with Crippen molar-refractivity contribution in [3.05, 3.63) is 59.7 Å². The molecule has 0 bridgehead atoms. The van der Waals surface area contributed by atoms with E-state index in [0.29, 0.717) is 31.7 Å². The molecule has 0 saturated heterocycles. The van der Waals surface area contributed by atoms with Crippen LogP contribution in [0.25, 0.3) is 11.1 Å². The summed E-state index contributed by atoms with van der Waals surface area (Å²) in [6.45, 7) is 8.22. The van der Waals surface area contributed by atoms with Crippen LogP contribution in [0.4, 0.5) is 4.79 Å². The number of rotatable bonds is 14. The summed E-state index contributed by atoms with van der Waals surface area (Å²) in [5.41, 5.74) is 4.51. The van der Waals surface area contributed by atoms with Gasteiger partial charge < -0.3 is 26.0 Å². The fraction of sp³-hybridized carbons (Fsp3) is 0.556. The van der Waals surface area contributed by atoms with Crippen LogP contribution >= 0.6 is 0 Å². The Labute approximate surface area is 267 Å². The van der Waals surface area contributed by atoms with Crippen LogP contribution in [0.1, 0.15) is 96.1 Å². The number of alkyl carbamates (subject to hydrolysis) is 1. The SMILES string of the molecule is CCNC(=O)C(CC(C)C)NC(=O)[C@H](CC)NC(=O)[C@H](CC1CCCCC1)NC(=O)OCC1c2ccccc2-c2ccccc21. The van der Waals surface area contributed by atoms with Crippen LogP contribution in [-0.4, -0.2) is 55.1 Å². The van der Waals surface area contributed by atoms with Crippen molar-refractivity contribution in [2.75, 3.05) is 13.2 Å². The summed E-state index contributed by atoms with van der Waals surface area (Å²) in [7, 11) is 0. The van der Waals surface area contributed by atoms with Crippen molar-refractivity contribution in [2.45, 2.75) is 103 Å². The lowest BCUT2D eigenvalue weighted by atomic mass is 9.84. The van der Waals surface area contributed by atoms with Gasteiger partial charge in [0.2, 0.25) is 17.7 Å². The number of carbonyl (C=O) groups excluding carboxylic acids is 4. The fourth-order valence-corrected chi connectivity index (χ4v) is 6.67. The first-order valence-corrected chi connectivity index (χ1v) is 16.7. The molecule has 0 heterocycles. The molecule has 3 atom stereocenters. The molecule has 2 aromatic carbocycles. The predicted molar refractivity (Wildman–Crippen MR) is 175 cm³/mol. The van der Waals surface area contributed by atoms with Crippen molar-refractivity contribution in [3.8, 4) is 11.1 Å². The number of ether oxygens (including phenoxy) is 1. The molecule has 4 rings (SSSR count). The number of hydrogen-bond acceptors (Lipinski definition) is 5. The summed E-state index contributed by atoms with van der Waals surface area (Å²) >= 11 is 0. The molecule has 1 unspecified atom stereocenters. The number of carbonyl (C=O) groups is 4. The number of benzene rings is 2. The summed E-state index contributed by atoms with van der Waals surface area (Å²) in [6.07, 6.45) is 6.00. The Balaban J connectivity index is 1.42. The van der Waals surface area contributed by atoms with E-state index in [1.165, 1.54) is 6.42 Å². The predicted octanol–water partition coefficient (Wildman–Crippen LogP) is 5.43. The van der Waals surface area contributed by atoms with Gasteiger partial charge in [-0.3, -0.25) is 14.4 Å². The minimum atomic E-state index is -0.847. The third-order valence-electron chi connectivity index (χ3n) is 8.98. The Kier molecular flexibility index (Phi) is 12.4. The topological polar surface area (TPSA) is 126 Å². The van der Waals surface area contributed by atoms with Gasteiger partial charge in [0.05, 0.1) is 0 Å². The molecule has 2 aliphatic rings.